The first-order valence-electron chi connectivity index (χ1n) is 7.60. The van der Waals surface area contributed by atoms with Crippen LogP contribution in [0.3, 0.4) is 0 Å². The van der Waals surface area contributed by atoms with Crippen LogP contribution in [0, 0.1) is 23.5 Å². The summed E-state index contributed by atoms with van der Waals surface area (Å²) < 4.78 is 56.6. The van der Waals surface area contributed by atoms with Crippen molar-refractivity contribution in [2.45, 2.75) is 18.2 Å². The molecular weight excluding hydrogens is 375 g/mol. The molecule has 2 aromatic rings. The van der Waals surface area contributed by atoms with E-state index in [-0.39, 0.29) is 16.5 Å². The molecule has 1 aromatic heterocycles. The summed E-state index contributed by atoms with van der Waals surface area (Å²) >= 11 is 6.05. The molecule has 0 radical (unpaired) electrons. The Balaban J connectivity index is 1.91. The monoisotopic (exact) mass is 389 g/mol. The van der Waals surface area contributed by atoms with Crippen molar-refractivity contribution in [3.05, 3.63) is 46.9 Å². The Bertz CT molecular complexity index is 837. The Morgan fingerprint density at radius 3 is 2.76 bits per heavy atom. The van der Waals surface area contributed by atoms with Crippen molar-refractivity contribution >= 4 is 34.1 Å². The number of nitrogens with zero attached hydrogens (tertiary/aromatic N) is 2. The van der Waals surface area contributed by atoms with Gasteiger partial charge in [-0.15, -0.1) is 0 Å². The molecule has 2 atom stereocenters. The molecule has 25 heavy (non-hydrogen) atoms. The molecule has 1 aromatic carbocycles. The van der Waals surface area contributed by atoms with Gasteiger partial charge in [-0.05, 0) is 24.5 Å². The van der Waals surface area contributed by atoms with Crippen LogP contribution in [-0.2, 0) is 11.0 Å². The van der Waals surface area contributed by atoms with E-state index in [0.29, 0.717) is 19.0 Å². The number of rotatable bonds is 4. The van der Waals surface area contributed by atoms with E-state index in [1.54, 1.807) is 4.90 Å². The molecule has 0 spiro atoms. The SMILES string of the molecule is CC1CCN(c2cc(F)c(S(=O)Nc3cccc(F)n3)c(F)c2Cl)C1. The van der Waals surface area contributed by atoms with E-state index in [1.807, 2.05) is 6.92 Å². The zero-order chi connectivity index (χ0) is 18.1. The molecule has 1 aliphatic rings. The third-order valence-electron chi connectivity index (χ3n) is 3.96. The molecular formula is C16H15ClF3N3OS. The van der Waals surface area contributed by atoms with Gasteiger partial charge in [0.15, 0.2) is 16.8 Å². The van der Waals surface area contributed by atoms with E-state index < -0.39 is 33.5 Å². The molecule has 1 aliphatic heterocycles. The van der Waals surface area contributed by atoms with Gasteiger partial charge in [0.25, 0.3) is 0 Å². The number of anilines is 2. The highest BCUT2D eigenvalue weighted by atomic mass is 35.5. The normalized spacial score (nSPS) is 18.4. The lowest BCUT2D eigenvalue weighted by Crippen LogP contribution is -2.21. The van der Waals surface area contributed by atoms with Crippen LogP contribution in [0.5, 0.6) is 0 Å². The molecule has 3 rings (SSSR count). The van der Waals surface area contributed by atoms with Gasteiger partial charge >= 0.3 is 0 Å². The molecule has 0 saturated carbocycles. The first kappa shape index (κ1) is 18.0. The van der Waals surface area contributed by atoms with Crippen molar-refractivity contribution in [2.75, 3.05) is 22.7 Å². The number of hydrogen-bond acceptors (Lipinski definition) is 3. The highest BCUT2D eigenvalue weighted by Gasteiger charge is 2.27. The summed E-state index contributed by atoms with van der Waals surface area (Å²) in [5.74, 6) is -2.60. The van der Waals surface area contributed by atoms with E-state index in [1.165, 1.54) is 12.1 Å². The van der Waals surface area contributed by atoms with E-state index in [4.69, 9.17) is 11.6 Å². The lowest BCUT2D eigenvalue weighted by Gasteiger charge is -2.21. The highest BCUT2D eigenvalue weighted by molar-refractivity contribution is 7.86. The molecule has 0 aliphatic carbocycles. The summed E-state index contributed by atoms with van der Waals surface area (Å²) in [6, 6.07) is 4.84. The molecule has 1 N–H and O–H groups in total. The van der Waals surface area contributed by atoms with Gasteiger partial charge in [0, 0.05) is 19.2 Å². The smallest absolute Gasteiger partial charge is 0.214 e. The van der Waals surface area contributed by atoms with Crippen molar-refractivity contribution in [3.63, 3.8) is 0 Å². The van der Waals surface area contributed by atoms with Crippen LogP contribution < -0.4 is 9.62 Å². The Labute approximate surface area is 150 Å². The fourth-order valence-electron chi connectivity index (χ4n) is 2.73. The number of benzene rings is 1. The minimum absolute atomic E-state index is 0.106. The van der Waals surface area contributed by atoms with Crippen molar-refractivity contribution in [1.82, 2.24) is 4.98 Å². The molecule has 2 heterocycles. The van der Waals surface area contributed by atoms with E-state index >= 15 is 0 Å². The number of nitrogens with one attached hydrogen (secondary N) is 1. The molecule has 9 heteroatoms. The van der Waals surface area contributed by atoms with Crippen LogP contribution in [-0.4, -0.2) is 22.3 Å². The Morgan fingerprint density at radius 2 is 2.12 bits per heavy atom. The van der Waals surface area contributed by atoms with E-state index in [0.717, 1.165) is 18.6 Å². The standard InChI is InChI=1S/C16H15ClF3N3OS/c1-9-5-6-23(8-9)11-7-10(18)16(15(20)14(11)17)25(24)22-13-4-2-3-12(19)21-13/h2-4,7,9H,5-6,8H2,1H3,(H,21,22). The zero-order valence-corrected chi connectivity index (χ0v) is 14.8. The maximum atomic E-state index is 14.6. The van der Waals surface area contributed by atoms with Gasteiger partial charge in [0.1, 0.15) is 21.6 Å². The van der Waals surface area contributed by atoms with Crippen molar-refractivity contribution < 1.29 is 17.4 Å². The molecule has 1 fully saturated rings. The van der Waals surface area contributed by atoms with Crippen LogP contribution in [0.2, 0.25) is 5.02 Å². The summed E-state index contributed by atoms with van der Waals surface area (Å²) in [5.41, 5.74) is 0.241. The van der Waals surface area contributed by atoms with Crippen LogP contribution in [0.15, 0.2) is 29.2 Å². The van der Waals surface area contributed by atoms with Gasteiger partial charge in [0.2, 0.25) is 5.95 Å². The van der Waals surface area contributed by atoms with Crippen LogP contribution in [0.1, 0.15) is 13.3 Å². The number of pyridine rings is 1. The van der Waals surface area contributed by atoms with Crippen LogP contribution >= 0.6 is 11.6 Å². The minimum atomic E-state index is -2.32. The van der Waals surface area contributed by atoms with E-state index in [9.17, 15) is 17.4 Å². The molecule has 0 amide bonds. The maximum absolute atomic E-state index is 14.6. The third kappa shape index (κ3) is 3.74. The Kier molecular flexibility index (Phi) is 5.19. The lowest BCUT2D eigenvalue weighted by molar-refractivity contribution is 0.534. The number of hydrogen-bond donors (Lipinski definition) is 1. The van der Waals surface area contributed by atoms with Crippen LogP contribution in [0.4, 0.5) is 24.7 Å². The number of halogens is 4. The molecule has 0 bridgehead atoms. The lowest BCUT2D eigenvalue weighted by atomic mass is 10.2. The van der Waals surface area contributed by atoms with Gasteiger partial charge in [-0.1, -0.05) is 24.6 Å². The molecule has 4 nitrogen and oxygen atoms in total. The molecule has 2 unspecified atom stereocenters. The second-order valence-electron chi connectivity index (χ2n) is 5.89. The summed E-state index contributed by atoms with van der Waals surface area (Å²) in [6.45, 7) is 3.33. The summed E-state index contributed by atoms with van der Waals surface area (Å²) in [5, 5.41) is -0.284. The zero-order valence-electron chi connectivity index (χ0n) is 13.2. The predicted octanol–water partition coefficient (Wildman–Crippen LogP) is 4.13. The second kappa shape index (κ2) is 7.21. The quantitative estimate of drug-likeness (QED) is 0.631. The van der Waals surface area contributed by atoms with Gasteiger partial charge in [-0.25, -0.2) is 18.0 Å². The van der Waals surface area contributed by atoms with Crippen molar-refractivity contribution in [2.24, 2.45) is 5.92 Å². The average molecular weight is 390 g/mol. The first-order valence-corrected chi connectivity index (χ1v) is 9.13. The van der Waals surface area contributed by atoms with Crippen molar-refractivity contribution in [3.8, 4) is 0 Å². The topological polar surface area (TPSA) is 45.2 Å². The van der Waals surface area contributed by atoms with Crippen LogP contribution in [0.25, 0.3) is 0 Å². The number of aromatic nitrogens is 1. The van der Waals surface area contributed by atoms with Gasteiger partial charge < -0.3 is 4.90 Å². The summed E-state index contributed by atoms with van der Waals surface area (Å²) in [4.78, 5) is 4.54. The van der Waals surface area contributed by atoms with Gasteiger partial charge in [0.05, 0.1) is 5.69 Å². The predicted molar refractivity (Wildman–Crippen MR) is 91.6 cm³/mol. The summed E-state index contributed by atoms with van der Waals surface area (Å²) in [6.07, 6.45) is 0.903. The highest BCUT2D eigenvalue weighted by Crippen LogP contribution is 2.36. The summed E-state index contributed by atoms with van der Waals surface area (Å²) in [7, 11) is -2.32. The first-order chi connectivity index (χ1) is 11.9. The minimum Gasteiger partial charge on any atom is -0.370 e. The third-order valence-corrected chi connectivity index (χ3v) is 5.46. The fraction of sp³-hybridized carbons (Fsp3) is 0.312. The van der Waals surface area contributed by atoms with Gasteiger partial charge in [-0.3, -0.25) is 4.72 Å². The second-order valence-corrected chi connectivity index (χ2v) is 7.42. The maximum Gasteiger partial charge on any atom is 0.214 e. The Morgan fingerprint density at radius 1 is 1.36 bits per heavy atom. The molecule has 1 saturated heterocycles. The van der Waals surface area contributed by atoms with E-state index in [2.05, 4.69) is 9.71 Å². The molecule has 134 valence electrons. The van der Waals surface area contributed by atoms with Gasteiger partial charge in [-0.2, -0.15) is 4.39 Å². The largest absolute Gasteiger partial charge is 0.370 e. The van der Waals surface area contributed by atoms with Crippen molar-refractivity contribution in [1.29, 1.82) is 0 Å². The Hall–Kier alpha value is -1.80. The average Bonchev–Trinajstić information content (AvgIpc) is 2.97. The fourth-order valence-corrected chi connectivity index (χ4v) is 3.96.